The molecule has 0 amide bonds. The molecule has 1 aromatic carbocycles. The van der Waals surface area contributed by atoms with Crippen molar-refractivity contribution in [2.75, 3.05) is 0 Å². The fourth-order valence-electron chi connectivity index (χ4n) is 2.21. The van der Waals surface area contributed by atoms with Gasteiger partial charge in [-0.25, -0.2) is 0 Å². The zero-order valence-electron chi connectivity index (χ0n) is 10.0. The van der Waals surface area contributed by atoms with Gasteiger partial charge in [-0.15, -0.1) is 6.58 Å². The zero-order chi connectivity index (χ0) is 12.3. The average molecular weight is 231 g/mol. The van der Waals surface area contributed by atoms with Gasteiger partial charge in [0.25, 0.3) is 0 Å². The molecule has 3 heteroatoms. The lowest BCUT2D eigenvalue weighted by molar-refractivity contribution is -0.758. The van der Waals surface area contributed by atoms with Crippen molar-refractivity contribution < 1.29 is 9.74 Å². The molecule has 1 heterocycles. The summed E-state index contributed by atoms with van der Waals surface area (Å²) in [5.41, 5.74) is 1.89. The molecule has 17 heavy (non-hydrogen) atoms. The molecule has 0 fully saturated rings. The molecular formula is C14H17NO2. The lowest BCUT2D eigenvalue weighted by Gasteiger charge is -2.29. The molecule has 1 aliphatic heterocycles. The Bertz CT molecular complexity index is 425. The van der Waals surface area contributed by atoms with E-state index < -0.39 is 0 Å². The van der Waals surface area contributed by atoms with Crippen LogP contribution in [0.1, 0.15) is 31.2 Å². The van der Waals surface area contributed by atoms with Gasteiger partial charge in [-0.1, -0.05) is 36.4 Å². The van der Waals surface area contributed by atoms with Gasteiger partial charge < -0.3 is 4.84 Å². The second kappa shape index (κ2) is 5.04. The normalized spacial score (nSPS) is 24.3. The Balaban J connectivity index is 2.26. The van der Waals surface area contributed by atoms with E-state index in [1.54, 1.807) is 6.08 Å². The minimum absolute atomic E-state index is 0.0705. The van der Waals surface area contributed by atoms with Gasteiger partial charge in [0.1, 0.15) is 0 Å². The molecule has 0 unspecified atom stereocenters. The van der Waals surface area contributed by atoms with Gasteiger partial charge in [-0.2, -0.15) is 0 Å². The first-order valence-corrected chi connectivity index (χ1v) is 5.85. The largest absolute Gasteiger partial charge is 0.400 e. The van der Waals surface area contributed by atoms with Crippen molar-refractivity contribution in [1.82, 2.24) is 0 Å². The van der Waals surface area contributed by atoms with Crippen molar-refractivity contribution in [1.29, 1.82) is 0 Å². The van der Waals surface area contributed by atoms with Crippen LogP contribution in [0.5, 0.6) is 0 Å². The lowest BCUT2D eigenvalue weighted by Crippen LogP contribution is -2.34. The molecule has 0 radical (unpaired) electrons. The Labute approximate surface area is 102 Å². The van der Waals surface area contributed by atoms with E-state index in [4.69, 9.17) is 4.84 Å². The number of hydrogen-bond donors (Lipinski definition) is 0. The molecule has 0 aromatic heterocycles. The molecule has 90 valence electrons. The molecule has 3 nitrogen and oxygen atoms in total. The maximum atomic E-state index is 11.7. The lowest BCUT2D eigenvalue weighted by atomic mass is 9.88. The number of nitrogens with zero attached hydrogens (tertiary/aromatic N) is 1. The minimum Gasteiger partial charge on any atom is -0.400 e. The summed E-state index contributed by atoms with van der Waals surface area (Å²) in [4.78, 5) is 5.92. The predicted octanol–water partition coefficient (Wildman–Crippen LogP) is 3.02. The van der Waals surface area contributed by atoms with Crippen molar-refractivity contribution in [3.05, 3.63) is 53.8 Å². The van der Waals surface area contributed by atoms with Gasteiger partial charge in [0.05, 0.1) is 12.0 Å². The molecule has 0 saturated heterocycles. The van der Waals surface area contributed by atoms with E-state index in [2.05, 4.69) is 18.7 Å². The zero-order valence-corrected chi connectivity index (χ0v) is 10.0. The summed E-state index contributed by atoms with van der Waals surface area (Å²) < 4.78 is 0. The molecule has 0 aliphatic carbocycles. The van der Waals surface area contributed by atoms with Crippen molar-refractivity contribution in [3.8, 4) is 0 Å². The minimum atomic E-state index is -0.0705. The first kappa shape index (κ1) is 11.7. The smallest absolute Gasteiger partial charge is 0.226 e. The van der Waals surface area contributed by atoms with Gasteiger partial charge in [-0.05, 0) is 18.4 Å². The van der Waals surface area contributed by atoms with E-state index in [0.717, 1.165) is 12.1 Å². The SMILES string of the molecule is C=CC[C@H]1C[C@H](c2ccccc2)C(C)=[N+]([O-])O1. The van der Waals surface area contributed by atoms with E-state index in [-0.39, 0.29) is 12.0 Å². The van der Waals surface area contributed by atoms with E-state index in [0.29, 0.717) is 11.3 Å². The third-order valence-corrected chi connectivity index (χ3v) is 3.17. The summed E-state index contributed by atoms with van der Waals surface area (Å²) in [7, 11) is 0. The highest BCUT2D eigenvalue weighted by Gasteiger charge is 2.30. The van der Waals surface area contributed by atoms with Crippen LogP contribution in [-0.2, 0) is 4.84 Å². The van der Waals surface area contributed by atoms with Gasteiger partial charge in [0.15, 0.2) is 0 Å². The second-order valence-electron chi connectivity index (χ2n) is 4.35. The maximum absolute atomic E-state index is 11.7. The molecule has 1 aliphatic rings. The summed E-state index contributed by atoms with van der Waals surface area (Å²) >= 11 is 0. The summed E-state index contributed by atoms with van der Waals surface area (Å²) in [6.07, 6.45) is 3.26. The summed E-state index contributed by atoms with van der Waals surface area (Å²) in [5, 5.41) is 11.7. The molecule has 1 aromatic rings. The van der Waals surface area contributed by atoms with Gasteiger partial charge >= 0.3 is 0 Å². The van der Waals surface area contributed by atoms with E-state index in [1.807, 2.05) is 25.1 Å². The molecule has 0 bridgehead atoms. The van der Waals surface area contributed by atoms with Crippen LogP contribution in [0, 0.1) is 5.21 Å². The summed E-state index contributed by atoms with van der Waals surface area (Å²) in [6, 6.07) is 10.1. The molecule has 0 N–H and O–H groups in total. The summed E-state index contributed by atoms with van der Waals surface area (Å²) in [6.45, 7) is 5.52. The third-order valence-electron chi connectivity index (χ3n) is 3.17. The van der Waals surface area contributed by atoms with Crippen LogP contribution in [-0.4, -0.2) is 16.7 Å². The Kier molecular flexibility index (Phi) is 3.47. The number of benzene rings is 1. The molecule has 2 rings (SSSR count). The van der Waals surface area contributed by atoms with Gasteiger partial charge in [0, 0.05) is 11.8 Å². The maximum Gasteiger partial charge on any atom is 0.226 e. The van der Waals surface area contributed by atoms with Crippen molar-refractivity contribution in [2.45, 2.75) is 31.8 Å². The highest BCUT2D eigenvalue weighted by Crippen LogP contribution is 2.28. The van der Waals surface area contributed by atoms with Crippen molar-refractivity contribution >= 4 is 5.71 Å². The fourth-order valence-corrected chi connectivity index (χ4v) is 2.21. The molecule has 0 spiro atoms. The average Bonchev–Trinajstić information content (AvgIpc) is 2.35. The van der Waals surface area contributed by atoms with E-state index >= 15 is 0 Å². The first-order chi connectivity index (χ1) is 8.22. The predicted molar refractivity (Wildman–Crippen MR) is 67.8 cm³/mol. The third kappa shape index (κ3) is 2.49. The van der Waals surface area contributed by atoms with Crippen LogP contribution in [0.4, 0.5) is 0 Å². The van der Waals surface area contributed by atoms with Crippen LogP contribution < -0.4 is 0 Å². The van der Waals surface area contributed by atoms with Crippen LogP contribution in [0.25, 0.3) is 0 Å². The topological polar surface area (TPSA) is 35.3 Å². The monoisotopic (exact) mass is 231 g/mol. The number of rotatable bonds is 3. The quantitative estimate of drug-likeness (QED) is 0.592. The van der Waals surface area contributed by atoms with Crippen molar-refractivity contribution in [3.63, 3.8) is 0 Å². The second-order valence-corrected chi connectivity index (χ2v) is 4.35. The Morgan fingerprint density at radius 3 is 2.82 bits per heavy atom. The van der Waals surface area contributed by atoms with Crippen LogP contribution in [0.2, 0.25) is 0 Å². The fraction of sp³-hybridized carbons (Fsp3) is 0.357. The van der Waals surface area contributed by atoms with Gasteiger partial charge in [-0.3, -0.25) is 5.21 Å². The van der Waals surface area contributed by atoms with E-state index in [9.17, 15) is 5.21 Å². The van der Waals surface area contributed by atoms with Crippen LogP contribution >= 0.6 is 0 Å². The highest BCUT2D eigenvalue weighted by atomic mass is 16.9. The Morgan fingerprint density at radius 2 is 2.18 bits per heavy atom. The van der Waals surface area contributed by atoms with Crippen molar-refractivity contribution in [2.24, 2.45) is 0 Å². The molecular weight excluding hydrogens is 214 g/mol. The summed E-state index contributed by atoms with van der Waals surface area (Å²) in [5.74, 6) is 0.146. The number of hydrogen-bond acceptors (Lipinski definition) is 2. The van der Waals surface area contributed by atoms with Gasteiger partial charge in [0.2, 0.25) is 5.71 Å². The first-order valence-electron chi connectivity index (χ1n) is 5.85. The van der Waals surface area contributed by atoms with Crippen LogP contribution in [0.3, 0.4) is 0 Å². The Hall–Kier alpha value is -1.77. The molecule has 2 atom stereocenters. The van der Waals surface area contributed by atoms with E-state index in [1.165, 1.54) is 5.56 Å². The standard InChI is InChI=1S/C14H17NO2/c1-3-7-13-10-14(11(2)15(16)17-13)12-8-5-4-6-9-12/h3-6,8-9,13-14H,1,7,10H2,2H3/t13-,14-/m0/s1. The van der Waals surface area contributed by atoms with Crippen LogP contribution in [0.15, 0.2) is 43.0 Å². The molecule has 0 saturated carbocycles. The highest BCUT2D eigenvalue weighted by molar-refractivity contribution is 5.84. The Morgan fingerprint density at radius 1 is 1.47 bits per heavy atom.